The monoisotopic (exact) mass is 268 g/mol. The number of rotatable bonds is 5. The molecule has 0 aliphatic carbocycles. The summed E-state index contributed by atoms with van der Waals surface area (Å²) in [4.78, 5) is 4.14. The predicted octanol–water partition coefficient (Wildman–Crippen LogP) is 2.20. The van der Waals surface area contributed by atoms with Crippen LogP contribution in [0, 0.1) is 11.3 Å². The molecule has 5 nitrogen and oxygen atoms in total. The first kappa shape index (κ1) is 13.7. The molecular weight excluding hydrogens is 252 g/mol. The molecule has 1 aromatic heterocycles. The van der Waals surface area contributed by atoms with Crippen molar-refractivity contribution in [2.75, 3.05) is 24.7 Å². The Morgan fingerprint density at radius 1 is 1.35 bits per heavy atom. The maximum atomic E-state index is 8.91. The van der Waals surface area contributed by atoms with Gasteiger partial charge in [0, 0.05) is 12.7 Å². The fourth-order valence-electron chi connectivity index (χ4n) is 1.94. The van der Waals surface area contributed by atoms with Crippen LogP contribution in [0.5, 0.6) is 5.75 Å². The van der Waals surface area contributed by atoms with Gasteiger partial charge in [-0.05, 0) is 24.1 Å². The van der Waals surface area contributed by atoms with Crippen LogP contribution >= 0.6 is 0 Å². The standard InChI is InChI=1S/C15H16N4O/c1-20-13-5-3-2-4-11(13)6-8-18-15-14(17)12(10-16)7-9-19-15/h2-5,7,9H,6,8,17H2,1H3,(H,18,19). The summed E-state index contributed by atoms with van der Waals surface area (Å²) in [5.41, 5.74) is 7.78. The lowest BCUT2D eigenvalue weighted by atomic mass is 10.1. The molecule has 0 aliphatic rings. The molecule has 0 saturated heterocycles. The number of aromatic nitrogens is 1. The molecule has 1 aromatic carbocycles. The molecule has 0 radical (unpaired) electrons. The molecule has 2 rings (SSSR count). The summed E-state index contributed by atoms with van der Waals surface area (Å²) < 4.78 is 5.30. The quantitative estimate of drug-likeness (QED) is 0.868. The Morgan fingerprint density at radius 3 is 2.90 bits per heavy atom. The Kier molecular flexibility index (Phi) is 4.40. The van der Waals surface area contributed by atoms with Gasteiger partial charge in [-0.15, -0.1) is 0 Å². The average molecular weight is 268 g/mol. The molecular formula is C15H16N4O. The molecule has 0 spiro atoms. The zero-order chi connectivity index (χ0) is 14.4. The minimum atomic E-state index is 0.384. The highest BCUT2D eigenvalue weighted by molar-refractivity contribution is 5.68. The lowest BCUT2D eigenvalue weighted by molar-refractivity contribution is 0.410. The third kappa shape index (κ3) is 2.98. The topological polar surface area (TPSA) is 84.0 Å². The van der Waals surface area contributed by atoms with Crippen LogP contribution in [0.1, 0.15) is 11.1 Å². The smallest absolute Gasteiger partial charge is 0.150 e. The van der Waals surface area contributed by atoms with E-state index in [0.29, 0.717) is 23.6 Å². The Labute approximate surface area is 118 Å². The van der Waals surface area contributed by atoms with E-state index in [9.17, 15) is 0 Å². The van der Waals surface area contributed by atoms with Gasteiger partial charge in [-0.25, -0.2) is 4.98 Å². The summed E-state index contributed by atoms with van der Waals surface area (Å²) in [6, 6.07) is 11.5. The zero-order valence-corrected chi connectivity index (χ0v) is 11.3. The summed E-state index contributed by atoms with van der Waals surface area (Å²) in [5.74, 6) is 1.40. The SMILES string of the molecule is COc1ccccc1CCNc1nccc(C#N)c1N. The van der Waals surface area contributed by atoms with Crippen molar-refractivity contribution in [3.8, 4) is 11.8 Å². The van der Waals surface area contributed by atoms with Crippen molar-refractivity contribution in [2.24, 2.45) is 0 Å². The first-order valence-corrected chi connectivity index (χ1v) is 6.26. The molecule has 3 N–H and O–H groups in total. The number of methoxy groups -OCH3 is 1. The van der Waals surface area contributed by atoms with Gasteiger partial charge >= 0.3 is 0 Å². The summed E-state index contributed by atoms with van der Waals surface area (Å²) in [6.07, 6.45) is 2.35. The molecule has 1 heterocycles. The van der Waals surface area contributed by atoms with E-state index in [1.165, 1.54) is 0 Å². The molecule has 0 aliphatic heterocycles. The van der Waals surface area contributed by atoms with Crippen molar-refractivity contribution in [1.82, 2.24) is 4.98 Å². The Bertz CT molecular complexity index is 634. The second-order valence-corrected chi connectivity index (χ2v) is 4.22. The van der Waals surface area contributed by atoms with Gasteiger partial charge in [-0.2, -0.15) is 5.26 Å². The molecule has 20 heavy (non-hydrogen) atoms. The summed E-state index contributed by atoms with van der Waals surface area (Å²) in [7, 11) is 1.65. The Hall–Kier alpha value is -2.74. The number of hydrogen-bond acceptors (Lipinski definition) is 5. The number of nitrogens with one attached hydrogen (secondary N) is 1. The van der Waals surface area contributed by atoms with E-state index in [-0.39, 0.29) is 0 Å². The fraction of sp³-hybridized carbons (Fsp3) is 0.200. The van der Waals surface area contributed by atoms with Gasteiger partial charge in [0.15, 0.2) is 5.82 Å². The molecule has 0 atom stereocenters. The van der Waals surface area contributed by atoms with Gasteiger partial charge in [-0.1, -0.05) is 18.2 Å². The van der Waals surface area contributed by atoms with Crippen LogP contribution in [0.3, 0.4) is 0 Å². The van der Waals surface area contributed by atoms with Crippen LogP contribution in [0.25, 0.3) is 0 Å². The van der Waals surface area contributed by atoms with Crippen molar-refractivity contribution < 1.29 is 4.74 Å². The second kappa shape index (κ2) is 6.43. The van der Waals surface area contributed by atoms with Gasteiger partial charge < -0.3 is 15.8 Å². The van der Waals surface area contributed by atoms with Crippen LogP contribution in [-0.2, 0) is 6.42 Å². The van der Waals surface area contributed by atoms with Crippen molar-refractivity contribution in [2.45, 2.75) is 6.42 Å². The number of nitrogen functional groups attached to an aromatic ring is 1. The number of nitrogens with two attached hydrogens (primary N) is 1. The lowest BCUT2D eigenvalue weighted by Crippen LogP contribution is -2.09. The number of pyridine rings is 1. The minimum Gasteiger partial charge on any atom is -0.496 e. The van der Waals surface area contributed by atoms with Crippen LogP contribution < -0.4 is 15.8 Å². The molecule has 0 bridgehead atoms. The van der Waals surface area contributed by atoms with E-state index in [4.69, 9.17) is 15.7 Å². The van der Waals surface area contributed by atoms with Gasteiger partial charge in [0.1, 0.15) is 11.8 Å². The maximum Gasteiger partial charge on any atom is 0.150 e. The molecule has 5 heteroatoms. The molecule has 0 saturated carbocycles. The number of nitrogens with zero attached hydrogens (tertiary/aromatic N) is 2. The molecule has 0 unspecified atom stereocenters. The van der Waals surface area contributed by atoms with Gasteiger partial charge in [0.05, 0.1) is 18.4 Å². The van der Waals surface area contributed by atoms with Crippen molar-refractivity contribution in [3.63, 3.8) is 0 Å². The third-order valence-corrected chi connectivity index (χ3v) is 2.99. The van der Waals surface area contributed by atoms with Crippen LogP contribution in [0.15, 0.2) is 36.5 Å². The van der Waals surface area contributed by atoms with E-state index in [0.717, 1.165) is 17.7 Å². The maximum absolute atomic E-state index is 8.91. The summed E-state index contributed by atoms with van der Waals surface area (Å²) >= 11 is 0. The number of hydrogen-bond donors (Lipinski definition) is 2. The van der Waals surface area contributed by atoms with Crippen LogP contribution in [-0.4, -0.2) is 18.6 Å². The fourth-order valence-corrected chi connectivity index (χ4v) is 1.94. The number of nitriles is 1. The van der Waals surface area contributed by atoms with E-state index < -0.39 is 0 Å². The molecule has 0 fully saturated rings. The summed E-state index contributed by atoms with van der Waals surface area (Å²) in [6.45, 7) is 0.659. The van der Waals surface area contributed by atoms with Gasteiger partial charge in [0.2, 0.25) is 0 Å². The molecule has 2 aromatic rings. The summed E-state index contributed by atoms with van der Waals surface area (Å²) in [5, 5.41) is 12.1. The lowest BCUT2D eigenvalue weighted by Gasteiger charge is -2.11. The number of anilines is 2. The highest BCUT2D eigenvalue weighted by Gasteiger charge is 2.06. The van der Waals surface area contributed by atoms with E-state index in [1.54, 1.807) is 19.4 Å². The third-order valence-electron chi connectivity index (χ3n) is 2.99. The zero-order valence-electron chi connectivity index (χ0n) is 11.3. The number of benzene rings is 1. The van der Waals surface area contributed by atoms with Gasteiger partial charge in [-0.3, -0.25) is 0 Å². The normalized spacial score (nSPS) is 9.80. The van der Waals surface area contributed by atoms with E-state index in [2.05, 4.69) is 10.3 Å². The second-order valence-electron chi connectivity index (χ2n) is 4.22. The van der Waals surface area contributed by atoms with E-state index in [1.807, 2.05) is 30.3 Å². The van der Waals surface area contributed by atoms with Crippen LogP contribution in [0.2, 0.25) is 0 Å². The van der Waals surface area contributed by atoms with Crippen molar-refractivity contribution in [1.29, 1.82) is 5.26 Å². The number of para-hydroxylation sites is 1. The van der Waals surface area contributed by atoms with E-state index >= 15 is 0 Å². The Balaban J connectivity index is 2.02. The number of ether oxygens (including phenoxy) is 1. The molecule has 0 amide bonds. The predicted molar refractivity (Wildman–Crippen MR) is 78.6 cm³/mol. The highest BCUT2D eigenvalue weighted by atomic mass is 16.5. The van der Waals surface area contributed by atoms with Crippen molar-refractivity contribution in [3.05, 3.63) is 47.7 Å². The average Bonchev–Trinajstić information content (AvgIpc) is 2.49. The van der Waals surface area contributed by atoms with Crippen molar-refractivity contribution >= 4 is 11.5 Å². The first-order chi connectivity index (χ1) is 9.76. The van der Waals surface area contributed by atoms with Gasteiger partial charge in [0.25, 0.3) is 0 Å². The Morgan fingerprint density at radius 2 is 2.15 bits per heavy atom. The van der Waals surface area contributed by atoms with Crippen LogP contribution in [0.4, 0.5) is 11.5 Å². The first-order valence-electron chi connectivity index (χ1n) is 6.26. The highest BCUT2D eigenvalue weighted by Crippen LogP contribution is 2.20. The minimum absolute atomic E-state index is 0.384. The largest absolute Gasteiger partial charge is 0.496 e. The molecule has 102 valence electrons.